The molecule has 0 unspecified atom stereocenters. The zero-order chi connectivity index (χ0) is 17.5. The molecule has 0 saturated heterocycles. The maximum Gasteiger partial charge on any atom is 0.248 e. The zero-order valence-electron chi connectivity index (χ0n) is 13.3. The fourth-order valence-corrected chi connectivity index (χ4v) is 2.99. The standard InChI is InChI=1S/C19H18BrCl2NO/c1-2-3-4-13-6-9-18(15(20)11-13)23-19(24)10-7-14-5-8-16(21)17(22)12-14/h5-12H,2-4H2,1H3,(H,23,24)/b10-7+. The summed E-state index contributed by atoms with van der Waals surface area (Å²) in [7, 11) is 0. The number of hydrogen-bond acceptors (Lipinski definition) is 1. The van der Waals surface area contributed by atoms with Crippen LogP contribution < -0.4 is 5.32 Å². The Balaban J connectivity index is 2.01. The van der Waals surface area contributed by atoms with Crippen LogP contribution in [0.3, 0.4) is 0 Å². The van der Waals surface area contributed by atoms with Gasteiger partial charge in [-0.3, -0.25) is 4.79 Å². The van der Waals surface area contributed by atoms with Crippen molar-refractivity contribution in [1.29, 1.82) is 0 Å². The van der Waals surface area contributed by atoms with E-state index < -0.39 is 0 Å². The van der Waals surface area contributed by atoms with Crippen molar-refractivity contribution < 1.29 is 4.79 Å². The molecule has 0 radical (unpaired) electrons. The van der Waals surface area contributed by atoms with Crippen LogP contribution in [0.5, 0.6) is 0 Å². The van der Waals surface area contributed by atoms with Crippen LogP contribution in [0.4, 0.5) is 5.69 Å². The molecule has 0 aliphatic heterocycles. The molecular weight excluding hydrogens is 409 g/mol. The molecule has 2 aromatic carbocycles. The Morgan fingerprint density at radius 2 is 1.96 bits per heavy atom. The van der Waals surface area contributed by atoms with E-state index in [1.807, 2.05) is 18.2 Å². The number of nitrogens with one attached hydrogen (secondary N) is 1. The van der Waals surface area contributed by atoms with Crippen LogP contribution >= 0.6 is 39.1 Å². The number of unbranched alkanes of at least 4 members (excludes halogenated alkanes) is 1. The first-order valence-corrected chi connectivity index (χ1v) is 9.27. The lowest BCUT2D eigenvalue weighted by Gasteiger charge is -2.08. The topological polar surface area (TPSA) is 29.1 Å². The van der Waals surface area contributed by atoms with E-state index >= 15 is 0 Å². The molecule has 0 atom stereocenters. The smallest absolute Gasteiger partial charge is 0.248 e. The SMILES string of the molecule is CCCCc1ccc(NC(=O)/C=C/c2ccc(Cl)c(Cl)c2)c(Br)c1. The molecule has 0 saturated carbocycles. The third-order valence-electron chi connectivity index (χ3n) is 3.48. The van der Waals surface area contributed by atoms with Crippen LogP contribution in [0.25, 0.3) is 6.08 Å². The van der Waals surface area contributed by atoms with Crippen LogP contribution in [-0.4, -0.2) is 5.91 Å². The molecule has 1 N–H and O–H groups in total. The Morgan fingerprint density at radius 1 is 1.17 bits per heavy atom. The maximum atomic E-state index is 12.1. The average Bonchev–Trinajstić information content (AvgIpc) is 2.56. The Bertz CT molecular complexity index is 759. The summed E-state index contributed by atoms with van der Waals surface area (Å²) in [5, 5.41) is 3.81. The molecule has 2 rings (SSSR count). The van der Waals surface area contributed by atoms with Crippen molar-refractivity contribution in [2.45, 2.75) is 26.2 Å². The number of rotatable bonds is 6. The predicted molar refractivity (Wildman–Crippen MR) is 107 cm³/mol. The van der Waals surface area contributed by atoms with E-state index in [-0.39, 0.29) is 5.91 Å². The van der Waals surface area contributed by atoms with E-state index in [1.165, 1.54) is 11.6 Å². The Labute approximate surface area is 161 Å². The molecule has 0 heterocycles. The molecule has 24 heavy (non-hydrogen) atoms. The highest BCUT2D eigenvalue weighted by molar-refractivity contribution is 9.10. The quantitative estimate of drug-likeness (QED) is 0.508. The normalized spacial score (nSPS) is 11.0. The number of carbonyl (C=O) groups excluding carboxylic acids is 1. The van der Waals surface area contributed by atoms with Gasteiger partial charge in [-0.05, 0) is 70.2 Å². The second-order valence-electron chi connectivity index (χ2n) is 5.41. The van der Waals surface area contributed by atoms with Crippen LogP contribution in [-0.2, 0) is 11.2 Å². The van der Waals surface area contributed by atoms with E-state index in [0.717, 1.165) is 35.0 Å². The Morgan fingerprint density at radius 3 is 2.62 bits per heavy atom. The van der Waals surface area contributed by atoms with Gasteiger partial charge < -0.3 is 5.32 Å². The summed E-state index contributed by atoms with van der Waals surface area (Å²) in [5.74, 6) is -0.205. The monoisotopic (exact) mass is 425 g/mol. The number of hydrogen-bond donors (Lipinski definition) is 1. The number of benzene rings is 2. The first kappa shape index (κ1) is 19.0. The Kier molecular flexibility index (Phi) is 7.35. The lowest BCUT2D eigenvalue weighted by atomic mass is 10.1. The van der Waals surface area contributed by atoms with Gasteiger partial charge >= 0.3 is 0 Å². The van der Waals surface area contributed by atoms with Crippen molar-refractivity contribution in [3.05, 3.63) is 68.1 Å². The van der Waals surface area contributed by atoms with Crippen molar-refractivity contribution in [2.75, 3.05) is 5.32 Å². The third-order valence-corrected chi connectivity index (χ3v) is 4.88. The van der Waals surface area contributed by atoms with E-state index in [2.05, 4.69) is 28.2 Å². The van der Waals surface area contributed by atoms with E-state index in [1.54, 1.807) is 24.3 Å². The first-order valence-electron chi connectivity index (χ1n) is 7.72. The fourth-order valence-electron chi connectivity index (χ4n) is 2.16. The number of halogens is 3. The highest BCUT2D eigenvalue weighted by Crippen LogP contribution is 2.25. The number of amides is 1. The number of aryl methyl sites for hydroxylation is 1. The summed E-state index contributed by atoms with van der Waals surface area (Å²) < 4.78 is 0.882. The minimum Gasteiger partial charge on any atom is -0.321 e. The van der Waals surface area contributed by atoms with Crippen molar-refractivity contribution in [1.82, 2.24) is 0 Å². The molecule has 0 aromatic heterocycles. The number of anilines is 1. The van der Waals surface area contributed by atoms with Gasteiger partial charge in [0.25, 0.3) is 0 Å². The van der Waals surface area contributed by atoms with Crippen LogP contribution in [0.15, 0.2) is 46.9 Å². The summed E-state index contributed by atoms with van der Waals surface area (Å²) in [6.45, 7) is 2.17. The van der Waals surface area contributed by atoms with Crippen LogP contribution in [0, 0.1) is 0 Å². The fraction of sp³-hybridized carbons (Fsp3) is 0.211. The molecular formula is C19H18BrCl2NO. The van der Waals surface area contributed by atoms with Crippen molar-refractivity contribution >= 4 is 56.8 Å². The minimum absolute atomic E-state index is 0.205. The largest absolute Gasteiger partial charge is 0.321 e. The summed E-state index contributed by atoms with van der Waals surface area (Å²) in [6.07, 6.45) is 6.53. The van der Waals surface area contributed by atoms with Gasteiger partial charge in [0.1, 0.15) is 0 Å². The highest BCUT2D eigenvalue weighted by Gasteiger charge is 2.04. The second kappa shape index (κ2) is 9.26. The van der Waals surface area contributed by atoms with Crippen LogP contribution in [0.1, 0.15) is 30.9 Å². The maximum absolute atomic E-state index is 12.1. The van der Waals surface area contributed by atoms with Gasteiger partial charge in [0, 0.05) is 10.5 Å². The second-order valence-corrected chi connectivity index (χ2v) is 7.08. The van der Waals surface area contributed by atoms with Crippen molar-refractivity contribution in [3.8, 4) is 0 Å². The summed E-state index contributed by atoms with van der Waals surface area (Å²) in [5.41, 5.74) is 2.82. The van der Waals surface area contributed by atoms with Gasteiger partial charge in [-0.1, -0.05) is 48.7 Å². The van der Waals surface area contributed by atoms with E-state index in [4.69, 9.17) is 23.2 Å². The first-order chi connectivity index (χ1) is 11.5. The molecule has 2 nitrogen and oxygen atoms in total. The highest BCUT2D eigenvalue weighted by atomic mass is 79.9. The summed E-state index contributed by atoms with van der Waals surface area (Å²) in [6, 6.07) is 11.2. The van der Waals surface area contributed by atoms with Gasteiger partial charge in [-0.2, -0.15) is 0 Å². The third kappa shape index (κ3) is 5.66. The van der Waals surface area contributed by atoms with Crippen molar-refractivity contribution in [2.24, 2.45) is 0 Å². The lowest BCUT2D eigenvalue weighted by molar-refractivity contribution is -0.111. The van der Waals surface area contributed by atoms with E-state index in [9.17, 15) is 4.79 Å². The molecule has 0 spiro atoms. The predicted octanol–water partition coefficient (Wildman–Crippen LogP) is 6.75. The van der Waals surface area contributed by atoms with Crippen molar-refractivity contribution in [3.63, 3.8) is 0 Å². The molecule has 1 amide bonds. The minimum atomic E-state index is -0.205. The zero-order valence-corrected chi connectivity index (χ0v) is 16.4. The van der Waals surface area contributed by atoms with Gasteiger partial charge in [-0.25, -0.2) is 0 Å². The molecule has 5 heteroatoms. The van der Waals surface area contributed by atoms with Gasteiger partial charge in [-0.15, -0.1) is 0 Å². The summed E-state index contributed by atoms with van der Waals surface area (Å²) >= 11 is 15.3. The summed E-state index contributed by atoms with van der Waals surface area (Å²) in [4.78, 5) is 12.1. The van der Waals surface area contributed by atoms with Gasteiger partial charge in [0.2, 0.25) is 5.91 Å². The molecule has 0 fully saturated rings. The molecule has 0 bridgehead atoms. The van der Waals surface area contributed by atoms with Gasteiger partial charge in [0.05, 0.1) is 15.7 Å². The molecule has 0 aliphatic rings. The van der Waals surface area contributed by atoms with E-state index in [0.29, 0.717) is 10.0 Å². The van der Waals surface area contributed by atoms with Gasteiger partial charge in [0.15, 0.2) is 0 Å². The number of carbonyl (C=O) groups is 1. The molecule has 2 aromatic rings. The molecule has 0 aliphatic carbocycles. The average molecular weight is 427 g/mol. The molecule has 126 valence electrons. The van der Waals surface area contributed by atoms with Crippen LogP contribution in [0.2, 0.25) is 10.0 Å². The lowest BCUT2D eigenvalue weighted by Crippen LogP contribution is -2.08. The Hall–Kier alpha value is -1.29.